The number of urea groups is 1. The molecule has 10 heteroatoms. The number of carbonyl (C=O) groups excluding carboxylic acids is 3. The molecule has 2 aromatic carbocycles. The van der Waals surface area contributed by atoms with Crippen molar-refractivity contribution in [1.29, 1.82) is 0 Å². The molecular formula is C24H26ClN3O6. The quantitative estimate of drug-likeness (QED) is 0.600. The average molecular weight is 488 g/mol. The van der Waals surface area contributed by atoms with Crippen LogP contribution in [0.1, 0.15) is 35.7 Å². The van der Waals surface area contributed by atoms with Crippen LogP contribution in [0.5, 0.6) is 11.5 Å². The number of esters is 1. The predicted octanol–water partition coefficient (Wildman–Crippen LogP) is 3.81. The molecule has 2 N–H and O–H groups in total. The Labute approximate surface area is 202 Å². The van der Waals surface area contributed by atoms with Crippen LogP contribution in [-0.4, -0.2) is 49.3 Å². The minimum Gasteiger partial charge on any atom is -0.466 e. The first-order valence-electron chi connectivity index (χ1n) is 11.1. The number of carbonyl (C=O) groups is 3. The molecule has 9 nitrogen and oxygen atoms in total. The number of nitrogens with one attached hydrogen (secondary N) is 2. The van der Waals surface area contributed by atoms with Crippen molar-refractivity contribution in [1.82, 2.24) is 10.2 Å². The molecule has 0 aromatic heterocycles. The summed E-state index contributed by atoms with van der Waals surface area (Å²) in [6, 6.07) is 9.82. The fraction of sp³-hybridized carbons (Fsp3) is 0.375. The molecule has 2 aliphatic heterocycles. The van der Waals surface area contributed by atoms with Crippen molar-refractivity contribution in [2.75, 3.05) is 31.8 Å². The highest BCUT2D eigenvalue weighted by molar-refractivity contribution is 6.31. The second-order valence-corrected chi connectivity index (χ2v) is 8.44. The molecule has 180 valence electrons. The minimum atomic E-state index is -0.378. The lowest BCUT2D eigenvalue weighted by molar-refractivity contribution is -0.149. The van der Waals surface area contributed by atoms with E-state index in [-0.39, 0.29) is 42.7 Å². The monoisotopic (exact) mass is 487 g/mol. The summed E-state index contributed by atoms with van der Waals surface area (Å²) in [6.07, 6.45) is 1.07. The van der Waals surface area contributed by atoms with Gasteiger partial charge in [-0.15, -0.1) is 0 Å². The molecule has 0 saturated carbocycles. The molecule has 3 amide bonds. The molecule has 34 heavy (non-hydrogen) atoms. The van der Waals surface area contributed by atoms with E-state index in [4.69, 9.17) is 25.8 Å². The van der Waals surface area contributed by atoms with Gasteiger partial charge in [-0.3, -0.25) is 9.59 Å². The SMILES string of the molecule is CCOC(=O)C1CCN(C(=O)Nc2ccc(Cl)cc2C(=O)NCc2ccc3c(c2)OCO3)CC1. The van der Waals surface area contributed by atoms with E-state index in [9.17, 15) is 14.4 Å². The molecule has 0 aliphatic carbocycles. The highest BCUT2D eigenvalue weighted by Gasteiger charge is 2.28. The van der Waals surface area contributed by atoms with Gasteiger partial charge < -0.3 is 29.7 Å². The van der Waals surface area contributed by atoms with Crippen LogP contribution >= 0.6 is 11.6 Å². The number of hydrogen-bond donors (Lipinski definition) is 2. The summed E-state index contributed by atoms with van der Waals surface area (Å²) in [7, 11) is 0. The zero-order valence-corrected chi connectivity index (χ0v) is 19.5. The molecule has 2 aliphatic rings. The van der Waals surface area contributed by atoms with Crippen molar-refractivity contribution in [3.63, 3.8) is 0 Å². The van der Waals surface area contributed by atoms with Gasteiger partial charge in [0, 0.05) is 24.7 Å². The number of likely N-dealkylation sites (tertiary alicyclic amines) is 1. The molecule has 1 fully saturated rings. The summed E-state index contributed by atoms with van der Waals surface area (Å²) >= 11 is 6.12. The lowest BCUT2D eigenvalue weighted by Crippen LogP contribution is -2.43. The Morgan fingerprint density at radius 2 is 1.85 bits per heavy atom. The fourth-order valence-electron chi connectivity index (χ4n) is 3.91. The summed E-state index contributed by atoms with van der Waals surface area (Å²) in [5.74, 6) is 0.505. The van der Waals surface area contributed by atoms with Crippen molar-refractivity contribution in [3.05, 3.63) is 52.5 Å². The van der Waals surface area contributed by atoms with Gasteiger partial charge in [-0.2, -0.15) is 0 Å². The Bertz CT molecular complexity index is 1080. The maximum atomic E-state index is 12.9. The van der Waals surface area contributed by atoms with Crippen molar-refractivity contribution < 1.29 is 28.6 Å². The number of amides is 3. The largest absolute Gasteiger partial charge is 0.466 e. The molecule has 0 bridgehead atoms. The highest BCUT2D eigenvalue weighted by atomic mass is 35.5. The second kappa shape index (κ2) is 10.6. The van der Waals surface area contributed by atoms with Gasteiger partial charge in [0.05, 0.1) is 23.8 Å². The standard InChI is InChI=1S/C24H26ClN3O6/c1-2-32-23(30)16-7-9-28(10-8-16)24(31)27-19-5-4-17(25)12-18(19)22(29)26-13-15-3-6-20-21(11-15)34-14-33-20/h3-6,11-12,16H,2,7-10,13-14H2,1H3,(H,26,29)(H,27,31). The van der Waals surface area contributed by atoms with Crippen LogP contribution in [0.15, 0.2) is 36.4 Å². The number of rotatable bonds is 6. The first-order valence-corrected chi connectivity index (χ1v) is 11.5. The van der Waals surface area contributed by atoms with Crippen LogP contribution in [-0.2, 0) is 16.1 Å². The predicted molar refractivity (Wildman–Crippen MR) is 125 cm³/mol. The summed E-state index contributed by atoms with van der Waals surface area (Å²) in [5.41, 5.74) is 1.45. The van der Waals surface area contributed by atoms with E-state index in [0.29, 0.717) is 54.7 Å². The Kier molecular flexibility index (Phi) is 7.42. The van der Waals surface area contributed by atoms with Crippen molar-refractivity contribution in [2.24, 2.45) is 5.92 Å². The fourth-order valence-corrected chi connectivity index (χ4v) is 4.09. The molecule has 4 rings (SSSR count). The Hall–Kier alpha value is -3.46. The molecule has 2 aromatic rings. The number of ether oxygens (including phenoxy) is 3. The lowest BCUT2D eigenvalue weighted by atomic mass is 9.97. The second-order valence-electron chi connectivity index (χ2n) is 8.00. The number of piperidine rings is 1. The van der Waals surface area contributed by atoms with Gasteiger partial charge in [0.1, 0.15) is 0 Å². The average Bonchev–Trinajstić information content (AvgIpc) is 3.32. The first kappa shape index (κ1) is 23.7. The zero-order chi connectivity index (χ0) is 24.1. The van der Waals surface area contributed by atoms with E-state index in [1.807, 2.05) is 12.1 Å². The van der Waals surface area contributed by atoms with E-state index >= 15 is 0 Å². The molecule has 0 spiro atoms. The maximum Gasteiger partial charge on any atom is 0.321 e. The summed E-state index contributed by atoms with van der Waals surface area (Å²) in [6.45, 7) is 3.40. The summed E-state index contributed by atoms with van der Waals surface area (Å²) < 4.78 is 15.7. The molecule has 1 saturated heterocycles. The number of halogens is 1. The van der Waals surface area contributed by atoms with Gasteiger partial charge in [0.15, 0.2) is 11.5 Å². The van der Waals surface area contributed by atoms with Gasteiger partial charge in [-0.1, -0.05) is 17.7 Å². The topological polar surface area (TPSA) is 106 Å². The Morgan fingerprint density at radius 3 is 2.62 bits per heavy atom. The van der Waals surface area contributed by atoms with Gasteiger partial charge in [-0.05, 0) is 55.7 Å². The van der Waals surface area contributed by atoms with Crippen LogP contribution in [0.4, 0.5) is 10.5 Å². The Balaban J connectivity index is 1.37. The van der Waals surface area contributed by atoms with Gasteiger partial charge >= 0.3 is 12.0 Å². The summed E-state index contributed by atoms with van der Waals surface area (Å²) in [5, 5.41) is 6.03. The number of nitrogens with zero attached hydrogens (tertiary/aromatic N) is 1. The third-order valence-corrected chi connectivity index (χ3v) is 6.00. The van der Waals surface area contributed by atoms with Crippen LogP contribution in [0, 0.1) is 5.92 Å². The van der Waals surface area contributed by atoms with Gasteiger partial charge in [0.2, 0.25) is 6.79 Å². The van der Waals surface area contributed by atoms with Crippen molar-refractivity contribution >= 4 is 35.2 Å². The molecule has 2 heterocycles. The maximum absolute atomic E-state index is 12.9. The lowest BCUT2D eigenvalue weighted by Gasteiger charge is -2.31. The highest BCUT2D eigenvalue weighted by Crippen LogP contribution is 2.32. The minimum absolute atomic E-state index is 0.178. The smallest absolute Gasteiger partial charge is 0.321 e. The number of fused-ring (bicyclic) bond motifs is 1. The Morgan fingerprint density at radius 1 is 1.09 bits per heavy atom. The molecule has 0 unspecified atom stereocenters. The van der Waals surface area contributed by atoms with E-state index in [2.05, 4.69) is 10.6 Å². The third kappa shape index (κ3) is 5.53. The zero-order valence-electron chi connectivity index (χ0n) is 18.8. The first-order chi connectivity index (χ1) is 16.4. The molecule has 0 atom stereocenters. The molecular weight excluding hydrogens is 462 g/mol. The number of hydrogen-bond acceptors (Lipinski definition) is 6. The van der Waals surface area contributed by atoms with Gasteiger partial charge in [-0.25, -0.2) is 4.79 Å². The van der Waals surface area contributed by atoms with E-state index in [0.717, 1.165) is 5.56 Å². The van der Waals surface area contributed by atoms with E-state index < -0.39 is 0 Å². The van der Waals surface area contributed by atoms with E-state index in [1.54, 1.807) is 30.0 Å². The van der Waals surface area contributed by atoms with E-state index in [1.165, 1.54) is 6.07 Å². The van der Waals surface area contributed by atoms with Crippen molar-refractivity contribution in [3.8, 4) is 11.5 Å². The number of benzene rings is 2. The van der Waals surface area contributed by atoms with Crippen LogP contribution in [0.25, 0.3) is 0 Å². The van der Waals surface area contributed by atoms with Crippen LogP contribution < -0.4 is 20.1 Å². The summed E-state index contributed by atoms with van der Waals surface area (Å²) in [4.78, 5) is 39.3. The van der Waals surface area contributed by atoms with Gasteiger partial charge in [0.25, 0.3) is 5.91 Å². The van der Waals surface area contributed by atoms with Crippen molar-refractivity contribution in [2.45, 2.75) is 26.3 Å². The van der Waals surface area contributed by atoms with Crippen LogP contribution in [0.3, 0.4) is 0 Å². The molecule has 0 radical (unpaired) electrons. The number of anilines is 1. The third-order valence-electron chi connectivity index (χ3n) is 5.76. The van der Waals surface area contributed by atoms with Crippen LogP contribution in [0.2, 0.25) is 5.02 Å². The normalized spacial score (nSPS) is 15.1.